The van der Waals surface area contributed by atoms with Crippen LogP contribution in [0.2, 0.25) is 0 Å². The van der Waals surface area contributed by atoms with E-state index in [9.17, 15) is 0 Å². The van der Waals surface area contributed by atoms with Crippen molar-refractivity contribution in [2.45, 2.75) is 6.92 Å². The molecule has 9 aromatic rings. The van der Waals surface area contributed by atoms with Gasteiger partial charge in [-0.15, -0.1) is 0 Å². The van der Waals surface area contributed by atoms with Crippen LogP contribution in [0.4, 0.5) is 0 Å². The lowest BCUT2D eigenvalue weighted by Gasteiger charge is -2.14. The number of para-hydroxylation sites is 1. The second kappa shape index (κ2) is 12.4. The van der Waals surface area contributed by atoms with Gasteiger partial charge >= 0.3 is 0 Å². The molecule has 0 aliphatic rings. The predicted octanol–water partition coefficient (Wildman–Crippen LogP) is 12.3. The number of nitrogens with zero attached hydrogens (tertiary/aromatic N) is 3. The molecule has 236 valence electrons. The molecule has 0 fully saturated rings. The fraction of sp³-hybridized carbons (Fsp3) is 0.0217. The van der Waals surface area contributed by atoms with Gasteiger partial charge in [-0.1, -0.05) is 146 Å². The van der Waals surface area contributed by atoms with E-state index in [1.54, 1.807) is 0 Å². The molecule has 0 bridgehead atoms. The number of fused-ring (bicyclic) bond motifs is 6. The van der Waals surface area contributed by atoms with Crippen molar-refractivity contribution < 1.29 is 4.42 Å². The highest BCUT2D eigenvalue weighted by Crippen LogP contribution is 2.42. The molecule has 0 spiro atoms. The zero-order valence-corrected chi connectivity index (χ0v) is 27.4. The first-order chi connectivity index (χ1) is 24.7. The fourth-order valence-electron chi connectivity index (χ4n) is 6.83. The Bertz CT molecular complexity index is 2760. The standard InChI is InChI=1S/C46H31N3O/c1-2-3-5-12-30-19-21-32(22-20-30)38-27-28-41-42(39-17-10-11-18-40(39)50-41)43(38)46-48-44(33-14-6-4-7-15-33)47-45(49-46)35-25-26-37-34(29-35)24-23-31-13-8-9-16-36(31)37/h2-29H,1H3/b3-2-,12-5-. The molecule has 0 saturated heterocycles. The number of benzene rings is 7. The Labute approximate surface area is 289 Å². The molecule has 7 aromatic carbocycles. The summed E-state index contributed by atoms with van der Waals surface area (Å²) >= 11 is 0. The van der Waals surface area contributed by atoms with E-state index < -0.39 is 0 Å². The van der Waals surface area contributed by atoms with Crippen LogP contribution in [0, 0.1) is 0 Å². The molecule has 0 saturated carbocycles. The van der Waals surface area contributed by atoms with Gasteiger partial charge < -0.3 is 4.42 Å². The lowest BCUT2D eigenvalue weighted by molar-refractivity contribution is 0.669. The van der Waals surface area contributed by atoms with E-state index in [1.165, 1.54) is 16.2 Å². The zero-order valence-electron chi connectivity index (χ0n) is 27.4. The van der Waals surface area contributed by atoms with Crippen molar-refractivity contribution in [2.24, 2.45) is 0 Å². The first-order valence-corrected chi connectivity index (χ1v) is 16.8. The van der Waals surface area contributed by atoms with Crippen molar-refractivity contribution in [1.29, 1.82) is 0 Å². The van der Waals surface area contributed by atoms with Crippen molar-refractivity contribution >= 4 is 49.6 Å². The van der Waals surface area contributed by atoms with Crippen LogP contribution < -0.4 is 0 Å². The minimum absolute atomic E-state index is 0.594. The summed E-state index contributed by atoms with van der Waals surface area (Å²) in [6.45, 7) is 2.02. The summed E-state index contributed by atoms with van der Waals surface area (Å²) in [7, 11) is 0. The Morgan fingerprint density at radius 1 is 0.480 bits per heavy atom. The smallest absolute Gasteiger partial charge is 0.165 e. The van der Waals surface area contributed by atoms with Crippen molar-refractivity contribution in [3.63, 3.8) is 0 Å². The van der Waals surface area contributed by atoms with Gasteiger partial charge in [0.2, 0.25) is 0 Å². The Hall–Kier alpha value is -6.65. The average Bonchev–Trinajstić information content (AvgIpc) is 3.57. The first-order valence-electron chi connectivity index (χ1n) is 16.8. The third-order valence-corrected chi connectivity index (χ3v) is 9.25. The van der Waals surface area contributed by atoms with Gasteiger partial charge in [-0.2, -0.15) is 0 Å². The van der Waals surface area contributed by atoms with Gasteiger partial charge in [0, 0.05) is 27.5 Å². The average molecular weight is 642 g/mol. The van der Waals surface area contributed by atoms with E-state index >= 15 is 0 Å². The second-order valence-corrected chi connectivity index (χ2v) is 12.4. The normalized spacial score (nSPS) is 11.9. The maximum atomic E-state index is 6.41. The van der Waals surface area contributed by atoms with Gasteiger partial charge in [0.25, 0.3) is 0 Å². The molecule has 0 radical (unpaired) electrons. The van der Waals surface area contributed by atoms with Crippen LogP contribution in [0.3, 0.4) is 0 Å². The summed E-state index contributed by atoms with van der Waals surface area (Å²) in [6.07, 6.45) is 8.21. The quantitative estimate of drug-likeness (QED) is 0.134. The predicted molar refractivity (Wildman–Crippen MR) is 208 cm³/mol. The monoisotopic (exact) mass is 641 g/mol. The second-order valence-electron chi connectivity index (χ2n) is 12.4. The van der Waals surface area contributed by atoms with Gasteiger partial charge in [0.15, 0.2) is 17.5 Å². The molecule has 0 amide bonds. The highest BCUT2D eigenvalue weighted by molar-refractivity contribution is 6.15. The summed E-state index contributed by atoms with van der Waals surface area (Å²) in [5, 5.41) is 6.78. The molecule has 0 N–H and O–H groups in total. The maximum absolute atomic E-state index is 6.41. The van der Waals surface area contributed by atoms with Gasteiger partial charge in [-0.25, -0.2) is 15.0 Å². The molecule has 50 heavy (non-hydrogen) atoms. The minimum Gasteiger partial charge on any atom is -0.456 e. The van der Waals surface area contributed by atoms with Gasteiger partial charge in [-0.3, -0.25) is 0 Å². The number of hydrogen-bond acceptors (Lipinski definition) is 4. The van der Waals surface area contributed by atoms with Crippen molar-refractivity contribution in [3.8, 4) is 45.3 Å². The first kappa shape index (κ1) is 29.5. The molecule has 0 aliphatic carbocycles. The van der Waals surface area contributed by atoms with E-state index in [0.717, 1.165) is 60.7 Å². The molecular weight excluding hydrogens is 611 g/mol. The molecule has 2 aromatic heterocycles. The molecule has 0 aliphatic heterocycles. The lowest BCUT2D eigenvalue weighted by Crippen LogP contribution is -2.01. The SMILES string of the molecule is C/C=C\C=C/c1ccc(-c2ccc3oc4ccccc4c3c2-c2nc(-c3ccccc3)nc(-c3ccc4c(ccc5ccccc54)c3)n2)cc1. The van der Waals surface area contributed by atoms with Gasteiger partial charge in [-0.05, 0) is 69.4 Å². The number of aromatic nitrogens is 3. The molecule has 9 rings (SSSR count). The Morgan fingerprint density at radius 3 is 2.00 bits per heavy atom. The summed E-state index contributed by atoms with van der Waals surface area (Å²) in [5.74, 6) is 1.82. The summed E-state index contributed by atoms with van der Waals surface area (Å²) in [4.78, 5) is 15.6. The molecule has 4 nitrogen and oxygen atoms in total. The number of allylic oxidation sites excluding steroid dienone is 3. The van der Waals surface area contributed by atoms with Crippen molar-refractivity contribution in [1.82, 2.24) is 15.0 Å². The van der Waals surface area contributed by atoms with Crippen LogP contribution in [0.5, 0.6) is 0 Å². The zero-order chi connectivity index (χ0) is 33.4. The van der Waals surface area contributed by atoms with Crippen LogP contribution in [0.15, 0.2) is 168 Å². The van der Waals surface area contributed by atoms with Crippen LogP contribution in [-0.2, 0) is 0 Å². The van der Waals surface area contributed by atoms with Gasteiger partial charge in [0.05, 0.1) is 0 Å². The van der Waals surface area contributed by atoms with Crippen LogP contribution in [0.1, 0.15) is 12.5 Å². The third kappa shape index (κ3) is 5.24. The Balaban J connectivity index is 1.30. The van der Waals surface area contributed by atoms with Crippen LogP contribution >= 0.6 is 0 Å². The summed E-state index contributed by atoms with van der Waals surface area (Å²) < 4.78 is 6.41. The highest BCUT2D eigenvalue weighted by Gasteiger charge is 2.22. The lowest BCUT2D eigenvalue weighted by atomic mass is 9.94. The van der Waals surface area contributed by atoms with Crippen LogP contribution in [0.25, 0.3) is 94.8 Å². The number of hydrogen-bond donors (Lipinski definition) is 0. The largest absolute Gasteiger partial charge is 0.456 e. The Kier molecular flexibility index (Phi) is 7.33. The van der Waals surface area contributed by atoms with Crippen LogP contribution in [-0.4, -0.2) is 15.0 Å². The third-order valence-electron chi connectivity index (χ3n) is 9.25. The highest BCUT2D eigenvalue weighted by atomic mass is 16.3. The molecule has 4 heteroatoms. The van der Waals surface area contributed by atoms with E-state index in [1.807, 2.05) is 67.6 Å². The van der Waals surface area contributed by atoms with Gasteiger partial charge in [0.1, 0.15) is 11.2 Å². The maximum Gasteiger partial charge on any atom is 0.165 e. The van der Waals surface area contributed by atoms with Crippen molar-refractivity contribution in [2.75, 3.05) is 0 Å². The molecule has 0 unspecified atom stereocenters. The Morgan fingerprint density at radius 2 is 1.16 bits per heavy atom. The van der Waals surface area contributed by atoms with Crippen molar-refractivity contribution in [3.05, 3.63) is 169 Å². The van der Waals surface area contributed by atoms with E-state index in [4.69, 9.17) is 19.4 Å². The van der Waals surface area contributed by atoms with E-state index in [2.05, 4.69) is 109 Å². The summed E-state index contributed by atoms with van der Waals surface area (Å²) in [6, 6.07) is 50.4. The molecule has 0 atom stereocenters. The van der Waals surface area contributed by atoms with E-state index in [0.29, 0.717) is 17.5 Å². The summed E-state index contributed by atoms with van der Waals surface area (Å²) in [5.41, 5.74) is 7.59. The topological polar surface area (TPSA) is 51.8 Å². The molecule has 2 heterocycles. The number of rotatable bonds is 6. The molecular formula is C46H31N3O. The fourth-order valence-corrected chi connectivity index (χ4v) is 6.83. The van der Waals surface area contributed by atoms with E-state index in [-0.39, 0.29) is 0 Å². The minimum atomic E-state index is 0.594. The number of furan rings is 1.